The van der Waals surface area contributed by atoms with Crippen molar-refractivity contribution in [3.8, 4) is 6.07 Å². The molecule has 0 saturated carbocycles. The van der Waals surface area contributed by atoms with Crippen LogP contribution in [0.4, 0.5) is 5.82 Å². The zero-order valence-electron chi connectivity index (χ0n) is 10.1. The van der Waals surface area contributed by atoms with Gasteiger partial charge in [0, 0.05) is 11.8 Å². The van der Waals surface area contributed by atoms with E-state index in [-0.39, 0.29) is 0 Å². The summed E-state index contributed by atoms with van der Waals surface area (Å²) in [5.41, 5.74) is 10.6. The fourth-order valence-corrected chi connectivity index (χ4v) is 1.52. The van der Waals surface area contributed by atoms with Crippen molar-refractivity contribution >= 4 is 11.7 Å². The molecule has 1 aromatic rings. The van der Waals surface area contributed by atoms with Crippen molar-refractivity contribution in [1.29, 1.82) is 5.26 Å². The smallest absolute Gasteiger partial charge is 0.166 e. The molecule has 0 amide bonds. The van der Waals surface area contributed by atoms with Gasteiger partial charge in [-0.15, -0.1) is 15.9 Å². The van der Waals surface area contributed by atoms with Crippen molar-refractivity contribution in [3.05, 3.63) is 35.5 Å². The molecule has 0 atom stereocenters. The van der Waals surface area contributed by atoms with Gasteiger partial charge in [-0.1, -0.05) is 0 Å². The number of anilines is 1. The lowest BCUT2D eigenvalue weighted by Crippen LogP contribution is -2.41. The second kappa shape index (κ2) is 5.16. The molecule has 7 nitrogen and oxygen atoms in total. The lowest BCUT2D eigenvalue weighted by molar-refractivity contribution is 0.254. The maximum Gasteiger partial charge on any atom is 0.166 e. The van der Waals surface area contributed by atoms with Crippen LogP contribution in [0.15, 0.2) is 29.4 Å². The molecule has 0 spiro atoms. The monoisotopic (exact) mass is 243 g/mol. The number of nitrogens with zero attached hydrogens (tertiary/aromatic N) is 4. The van der Waals surface area contributed by atoms with Crippen LogP contribution in [0.1, 0.15) is 11.3 Å². The van der Waals surface area contributed by atoms with Crippen molar-refractivity contribution in [2.75, 3.05) is 5.43 Å². The SMILES string of the molecule is Cc1cc(C)nc(NN2N=C(C=CC#N)NN2)c1. The minimum absolute atomic E-state index is 0.536. The maximum absolute atomic E-state index is 8.41. The second-order valence-corrected chi connectivity index (χ2v) is 3.78. The van der Waals surface area contributed by atoms with Gasteiger partial charge in [-0.05, 0) is 37.6 Å². The van der Waals surface area contributed by atoms with Crippen molar-refractivity contribution < 1.29 is 0 Å². The van der Waals surface area contributed by atoms with E-state index in [1.54, 1.807) is 6.08 Å². The molecular weight excluding hydrogens is 230 g/mol. The maximum atomic E-state index is 8.41. The third-order valence-corrected chi connectivity index (χ3v) is 2.13. The molecule has 1 aliphatic rings. The Morgan fingerprint density at radius 2 is 2.28 bits per heavy atom. The standard InChI is InChI=1S/C11H13N7/c1-8-6-9(2)13-11(7-8)16-18-15-10(14-17-18)4-3-5-12/h3-4,6-7,17H,1-2H3,(H,13,16)(H,14,15). The molecule has 1 aromatic heterocycles. The molecule has 3 N–H and O–H groups in total. The number of allylic oxidation sites excluding steroid dienone is 1. The van der Waals surface area contributed by atoms with Crippen LogP contribution >= 0.6 is 0 Å². The van der Waals surface area contributed by atoms with Gasteiger partial charge in [0.25, 0.3) is 0 Å². The molecule has 0 fully saturated rings. The van der Waals surface area contributed by atoms with E-state index in [0.717, 1.165) is 11.3 Å². The first kappa shape index (κ1) is 11.9. The number of hydrazone groups is 1. The number of nitriles is 1. The highest BCUT2D eigenvalue weighted by atomic mass is 16.0. The third kappa shape index (κ3) is 2.96. The van der Waals surface area contributed by atoms with Gasteiger partial charge in [0.15, 0.2) is 5.84 Å². The molecule has 0 aliphatic carbocycles. The van der Waals surface area contributed by atoms with Gasteiger partial charge in [-0.2, -0.15) is 5.26 Å². The van der Waals surface area contributed by atoms with E-state index in [2.05, 4.69) is 26.5 Å². The van der Waals surface area contributed by atoms with Crippen LogP contribution in [0.2, 0.25) is 0 Å². The van der Waals surface area contributed by atoms with Gasteiger partial charge in [-0.25, -0.2) is 10.4 Å². The highest BCUT2D eigenvalue weighted by Crippen LogP contribution is 2.09. The Morgan fingerprint density at radius 1 is 1.44 bits per heavy atom. The molecule has 18 heavy (non-hydrogen) atoms. The highest BCUT2D eigenvalue weighted by molar-refractivity contribution is 5.93. The van der Waals surface area contributed by atoms with Crippen molar-refractivity contribution in [2.45, 2.75) is 13.8 Å². The molecule has 0 radical (unpaired) electrons. The zero-order valence-corrected chi connectivity index (χ0v) is 10.1. The van der Waals surface area contributed by atoms with E-state index in [0.29, 0.717) is 11.7 Å². The van der Waals surface area contributed by atoms with Crippen molar-refractivity contribution in [1.82, 2.24) is 21.2 Å². The number of aromatic nitrogens is 1. The number of nitrogens with one attached hydrogen (secondary N) is 3. The summed E-state index contributed by atoms with van der Waals surface area (Å²) >= 11 is 0. The number of hydrazine groups is 3. The summed E-state index contributed by atoms with van der Waals surface area (Å²) < 4.78 is 0. The van der Waals surface area contributed by atoms with Crippen molar-refractivity contribution in [3.63, 3.8) is 0 Å². The topological polar surface area (TPSA) is 88.4 Å². The minimum Gasteiger partial charge on any atom is -0.283 e. The molecule has 0 aromatic carbocycles. The molecular formula is C11H13N7. The molecule has 0 bridgehead atoms. The lowest BCUT2D eigenvalue weighted by Gasteiger charge is -2.15. The number of hydrogen-bond acceptors (Lipinski definition) is 7. The predicted molar refractivity (Wildman–Crippen MR) is 67.6 cm³/mol. The van der Waals surface area contributed by atoms with Gasteiger partial charge in [0.2, 0.25) is 0 Å². The molecule has 0 saturated heterocycles. The minimum atomic E-state index is 0.536. The van der Waals surface area contributed by atoms with E-state index in [1.165, 1.54) is 11.3 Å². The Bertz CT molecular complexity index is 521. The summed E-state index contributed by atoms with van der Waals surface area (Å²) in [5.74, 6) is 1.23. The average molecular weight is 243 g/mol. The van der Waals surface area contributed by atoms with Crippen molar-refractivity contribution in [2.24, 2.45) is 5.10 Å². The van der Waals surface area contributed by atoms with Crippen LogP contribution in [-0.2, 0) is 0 Å². The van der Waals surface area contributed by atoms with E-state index in [4.69, 9.17) is 5.26 Å². The molecule has 1 aliphatic heterocycles. The third-order valence-electron chi connectivity index (χ3n) is 2.13. The Kier molecular flexibility index (Phi) is 3.41. The first-order valence-corrected chi connectivity index (χ1v) is 5.36. The Morgan fingerprint density at radius 3 is 3.00 bits per heavy atom. The van der Waals surface area contributed by atoms with E-state index < -0.39 is 0 Å². The van der Waals surface area contributed by atoms with Gasteiger partial charge < -0.3 is 0 Å². The van der Waals surface area contributed by atoms with E-state index >= 15 is 0 Å². The van der Waals surface area contributed by atoms with Gasteiger partial charge in [0.1, 0.15) is 5.82 Å². The summed E-state index contributed by atoms with van der Waals surface area (Å²) in [7, 11) is 0. The van der Waals surface area contributed by atoms with Gasteiger partial charge in [-0.3, -0.25) is 5.43 Å². The fraction of sp³-hybridized carbons (Fsp3) is 0.182. The van der Waals surface area contributed by atoms with Crippen LogP contribution in [0, 0.1) is 25.2 Å². The van der Waals surface area contributed by atoms with Crippen LogP contribution < -0.4 is 16.4 Å². The Labute approximate surface area is 105 Å². The quantitative estimate of drug-likeness (QED) is 0.679. The number of aryl methyl sites for hydroxylation is 2. The lowest BCUT2D eigenvalue weighted by atomic mass is 10.2. The molecule has 92 valence electrons. The number of hydrogen-bond donors (Lipinski definition) is 3. The normalized spacial score (nSPS) is 14.3. The second-order valence-electron chi connectivity index (χ2n) is 3.78. The molecule has 0 unspecified atom stereocenters. The first-order valence-electron chi connectivity index (χ1n) is 5.36. The summed E-state index contributed by atoms with van der Waals surface area (Å²) in [5, 5.41) is 13.9. The van der Waals surface area contributed by atoms with Gasteiger partial charge in [0.05, 0.1) is 6.07 Å². The number of pyridine rings is 1. The average Bonchev–Trinajstić information content (AvgIpc) is 2.72. The predicted octanol–water partition coefficient (Wildman–Crippen LogP) is 0.743. The summed E-state index contributed by atoms with van der Waals surface area (Å²) in [6.45, 7) is 3.93. The fourth-order valence-electron chi connectivity index (χ4n) is 1.52. The number of rotatable bonds is 3. The summed E-state index contributed by atoms with van der Waals surface area (Å²) in [4.78, 5) is 4.32. The van der Waals surface area contributed by atoms with Gasteiger partial charge >= 0.3 is 0 Å². The van der Waals surface area contributed by atoms with E-state index in [9.17, 15) is 0 Å². The summed E-state index contributed by atoms with van der Waals surface area (Å²) in [6, 6.07) is 5.79. The Hall–Kier alpha value is -2.59. The van der Waals surface area contributed by atoms with Crippen LogP contribution in [0.5, 0.6) is 0 Å². The van der Waals surface area contributed by atoms with Crippen LogP contribution in [0.3, 0.4) is 0 Å². The Balaban J connectivity index is 2.05. The molecule has 2 heterocycles. The van der Waals surface area contributed by atoms with E-state index in [1.807, 2.05) is 32.0 Å². The molecule has 2 rings (SSSR count). The number of amidine groups is 1. The summed E-state index contributed by atoms with van der Waals surface area (Å²) in [6.07, 6.45) is 2.90. The molecule has 7 heteroatoms. The highest BCUT2D eigenvalue weighted by Gasteiger charge is 2.11. The van der Waals surface area contributed by atoms with Crippen LogP contribution in [0.25, 0.3) is 0 Å². The first-order chi connectivity index (χ1) is 8.67. The van der Waals surface area contributed by atoms with Crippen LogP contribution in [-0.4, -0.2) is 16.0 Å². The largest absolute Gasteiger partial charge is 0.283 e. The zero-order chi connectivity index (χ0) is 13.0.